The second-order valence-corrected chi connectivity index (χ2v) is 4.31. The Morgan fingerprint density at radius 3 is 2.75 bits per heavy atom. The van der Waals surface area contributed by atoms with Crippen LogP contribution in [0.2, 0.25) is 0 Å². The molecule has 0 aliphatic carbocycles. The highest BCUT2D eigenvalue weighted by Gasteiger charge is 2.12. The molecule has 0 aromatic carbocycles. The smallest absolute Gasteiger partial charge is 0.223 e. The van der Waals surface area contributed by atoms with Gasteiger partial charge in [-0.25, -0.2) is 0 Å². The molecule has 0 radical (unpaired) electrons. The van der Waals surface area contributed by atoms with Gasteiger partial charge in [-0.15, -0.1) is 0 Å². The van der Waals surface area contributed by atoms with E-state index in [0.717, 1.165) is 0 Å². The minimum Gasteiger partial charge on any atom is -0.385 e. The Bertz CT molecular complexity index is 280. The number of carbonyl (C=O) groups is 1. The Morgan fingerprint density at radius 2 is 2.33 bits per heavy atom. The largest absolute Gasteiger partial charge is 0.385 e. The lowest BCUT2D eigenvalue weighted by Gasteiger charge is -2.01. The molecule has 0 atom stereocenters. The fraction of sp³-hybridized carbons (Fsp3) is 0.375. The number of carbonyl (C=O) groups excluding carboxylic acids is 1. The zero-order chi connectivity index (χ0) is 9.14. The van der Waals surface area contributed by atoms with Gasteiger partial charge in [0.15, 0.2) is 0 Å². The quantitative estimate of drug-likeness (QED) is 0.737. The first-order valence-corrected chi connectivity index (χ1v) is 4.63. The third-order valence-electron chi connectivity index (χ3n) is 1.34. The molecule has 0 amide bonds. The summed E-state index contributed by atoms with van der Waals surface area (Å²) < 4.78 is 0. The van der Waals surface area contributed by atoms with Gasteiger partial charge in [-0.05, 0) is 6.07 Å². The number of hydrogen-bond donors (Lipinski definition) is 2. The summed E-state index contributed by atoms with van der Waals surface area (Å²) in [6.45, 7) is 3.96. The molecule has 1 rings (SSSR count). The van der Waals surface area contributed by atoms with Crippen molar-refractivity contribution < 1.29 is 4.79 Å². The minimum absolute atomic E-state index is 0.0313. The van der Waals surface area contributed by atoms with Crippen molar-refractivity contribution in [3.05, 3.63) is 17.8 Å². The van der Waals surface area contributed by atoms with E-state index < -0.39 is 0 Å². The molecule has 0 unspecified atom stereocenters. The normalized spacial score (nSPS) is 10.6. The van der Waals surface area contributed by atoms with Crippen molar-refractivity contribution in [3.8, 4) is 0 Å². The molecule has 1 aromatic rings. The van der Waals surface area contributed by atoms with Crippen molar-refractivity contribution in [2.75, 3.05) is 5.73 Å². The van der Waals surface area contributed by atoms with Gasteiger partial charge in [-0.1, -0.05) is 25.6 Å². The molecule has 66 valence electrons. The van der Waals surface area contributed by atoms with Crippen LogP contribution >= 0.6 is 11.8 Å². The lowest BCUT2D eigenvalue weighted by atomic mass is 10.3. The van der Waals surface area contributed by atoms with Gasteiger partial charge in [-0.2, -0.15) is 0 Å². The second-order valence-electron chi connectivity index (χ2n) is 2.76. The number of aromatic nitrogens is 1. The van der Waals surface area contributed by atoms with Crippen LogP contribution in [0, 0.1) is 0 Å². The number of hydrogen-bond acceptors (Lipinski definition) is 3. The fourth-order valence-corrected chi connectivity index (χ4v) is 1.57. The van der Waals surface area contributed by atoms with E-state index in [-0.39, 0.29) is 5.12 Å². The molecule has 0 bridgehead atoms. The summed E-state index contributed by atoms with van der Waals surface area (Å²) in [5.41, 5.74) is 6.10. The van der Waals surface area contributed by atoms with Crippen LogP contribution in [0.3, 0.4) is 0 Å². The molecule has 0 fully saturated rings. The number of anilines is 1. The maximum atomic E-state index is 11.4. The molecule has 1 heterocycles. The molecule has 3 N–H and O–H groups in total. The average Bonchev–Trinajstić information content (AvgIpc) is 2.33. The van der Waals surface area contributed by atoms with Crippen LogP contribution in [0.1, 0.15) is 24.2 Å². The molecule has 0 spiro atoms. The summed E-state index contributed by atoms with van der Waals surface area (Å²) in [6.07, 6.45) is 1.67. The first kappa shape index (κ1) is 9.19. The Kier molecular flexibility index (Phi) is 2.81. The van der Waals surface area contributed by atoms with Crippen molar-refractivity contribution >= 4 is 22.7 Å². The van der Waals surface area contributed by atoms with Gasteiger partial charge in [0.1, 0.15) is 5.82 Å². The monoisotopic (exact) mass is 184 g/mol. The Morgan fingerprint density at radius 1 is 1.67 bits per heavy atom. The summed E-state index contributed by atoms with van der Waals surface area (Å²) in [4.78, 5) is 14.2. The summed E-state index contributed by atoms with van der Waals surface area (Å²) in [5.74, 6) is 0.452. The molecule has 0 saturated carbocycles. The Labute approximate surface area is 75.7 Å². The van der Waals surface area contributed by atoms with Crippen molar-refractivity contribution in [2.24, 2.45) is 0 Å². The Hall–Kier alpha value is -0.900. The van der Waals surface area contributed by atoms with Crippen molar-refractivity contribution in [1.29, 1.82) is 0 Å². The van der Waals surface area contributed by atoms with Crippen LogP contribution in [0.5, 0.6) is 0 Å². The number of thioether (sulfide) groups is 1. The first-order valence-electron chi connectivity index (χ1n) is 3.75. The van der Waals surface area contributed by atoms with E-state index >= 15 is 0 Å². The third-order valence-corrected chi connectivity index (χ3v) is 2.25. The van der Waals surface area contributed by atoms with Gasteiger partial charge in [0.2, 0.25) is 5.12 Å². The van der Waals surface area contributed by atoms with Crippen LogP contribution in [0.25, 0.3) is 0 Å². The number of H-pyrrole nitrogens is 1. The predicted molar refractivity (Wildman–Crippen MR) is 52.3 cm³/mol. The van der Waals surface area contributed by atoms with Gasteiger partial charge in [0.05, 0.1) is 5.56 Å². The SMILES string of the molecule is CC(C)SC(=O)c1cc[nH]c1N. The van der Waals surface area contributed by atoms with Crippen LogP contribution < -0.4 is 5.73 Å². The van der Waals surface area contributed by atoms with Crippen LogP contribution in [0.15, 0.2) is 12.3 Å². The van der Waals surface area contributed by atoms with Crippen LogP contribution in [0.4, 0.5) is 5.82 Å². The predicted octanol–water partition coefficient (Wildman–Crippen LogP) is 1.88. The molecule has 12 heavy (non-hydrogen) atoms. The highest BCUT2D eigenvalue weighted by atomic mass is 32.2. The van der Waals surface area contributed by atoms with E-state index in [1.807, 2.05) is 13.8 Å². The number of nitrogen functional groups attached to an aromatic ring is 1. The van der Waals surface area contributed by atoms with E-state index in [1.54, 1.807) is 12.3 Å². The molecular weight excluding hydrogens is 172 g/mol. The van der Waals surface area contributed by atoms with Crippen LogP contribution in [-0.2, 0) is 0 Å². The van der Waals surface area contributed by atoms with Crippen LogP contribution in [-0.4, -0.2) is 15.3 Å². The van der Waals surface area contributed by atoms with Gasteiger partial charge in [-0.3, -0.25) is 4.79 Å². The number of nitrogens with one attached hydrogen (secondary N) is 1. The molecule has 0 saturated heterocycles. The van der Waals surface area contributed by atoms with E-state index in [0.29, 0.717) is 16.6 Å². The lowest BCUT2D eigenvalue weighted by molar-refractivity contribution is 0.108. The average molecular weight is 184 g/mol. The minimum atomic E-state index is 0.0313. The molecule has 0 aliphatic rings. The number of nitrogens with two attached hydrogens (primary N) is 1. The van der Waals surface area contributed by atoms with E-state index in [9.17, 15) is 4.79 Å². The molecule has 0 aliphatic heterocycles. The van der Waals surface area contributed by atoms with Crippen molar-refractivity contribution in [3.63, 3.8) is 0 Å². The maximum Gasteiger partial charge on any atom is 0.223 e. The highest BCUT2D eigenvalue weighted by molar-refractivity contribution is 8.14. The highest BCUT2D eigenvalue weighted by Crippen LogP contribution is 2.20. The standard InChI is InChI=1S/C8H12N2OS/c1-5(2)12-8(11)6-3-4-10-7(6)9/h3-5,10H,9H2,1-2H3. The van der Waals surface area contributed by atoms with Gasteiger partial charge >= 0.3 is 0 Å². The van der Waals surface area contributed by atoms with Gasteiger partial charge in [0, 0.05) is 11.4 Å². The third kappa shape index (κ3) is 2.04. The second kappa shape index (κ2) is 3.67. The van der Waals surface area contributed by atoms with E-state index in [2.05, 4.69) is 4.98 Å². The van der Waals surface area contributed by atoms with Crippen molar-refractivity contribution in [2.45, 2.75) is 19.1 Å². The van der Waals surface area contributed by atoms with Crippen molar-refractivity contribution in [1.82, 2.24) is 4.98 Å². The first-order chi connectivity index (χ1) is 5.61. The summed E-state index contributed by atoms with van der Waals surface area (Å²) in [7, 11) is 0. The molecule has 1 aromatic heterocycles. The zero-order valence-corrected chi connectivity index (χ0v) is 7.94. The molecular formula is C8H12N2OS. The van der Waals surface area contributed by atoms with E-state index in [4.69, 9.17) is 5.73 Å². The number of aromatic amines is 1. The fourth-order valence-electron chi connectivity index (χ4n) is 0.838. The molecule has 3 nitrogen and oxygen atoms in total. The summed E-state index contributed by atoms with van der Waals surface area (Å²) in [6, 6.07) is 1.70. The van der Waals surface area contributed by atoms with Gasteiger partial charge < -0.3 is 10.7 Å². The Balaban J connectivity index is 2.72. The summed E-state index contributed by atoms with van der Waals surface area (Å²) >= 11 is 1.29. The van der Waals surface area contributed by atoms with Gasteiger partial charge in [0.25, 0.3) is 0 Å². The zero-order valence-electron chi connectivity index (χ0n) is 7.13. The lowest BCUT2D eigenvalue weighted by Crippen LogP contribution is -2.01. The number of rotatable bonds is 2. The van der Waals surface area contributed by atoms with E-state index in [1.165, 1.54) is 11.8 Å². The topological polar surface area (TPSA) is 58.9 Å². The summed E-state index contributed by atoms with van der Waals surface area (Å²) in [5, 5.41) is 0.329. The molecule has 4 heteroatoms. The maximum absolute atomic E-state index is 11.4.